The van der Waals surface area contributed by atoms with Gasteiger partial charge in [0.1, 0.15) is 12.6 Å². The average molecular weight is 571 g/mol. The number of nitrogens with zero attached hydrogens (tertiary/aromatic N) is 2. The summed E-state index contributed by atoms with van der Waals surface area (Å²) < 4.78 is 26.5. The van der Waals surface area contributed by atoms with E-state index in [1.807, 2.05) is 19.1 Å². The second-order valence-electron chi connectivity index (χ2n) is 10.2. The third-order valence-electron chi connectivity index (χ3n) is 6.03. The first kappa shape index (κ1) is 30.9. The second-order valence-corrected chi connectivity index (χ2v) is 12.9. The van der Waals surface area contributed by atoms with Crippen LogP contribution in [-0.4, -0.2) is 50.5 Å². The monoisotopic (exact) mass is 569 g/mol. The van der Waals surface area contributed by atoms with Gasteiger partial charge in [-0.05, 0) is 54.2 Å². The quantitative estimate of drug-likeness (QED) is 0.367. The van der Waals surface area contributed by atoms with Crippen molar-refractivity contribution in [2.45, 2.75) is 65.5 Å². The summed E-state index contributed by atoms with van der Waals surface area (Å²) in [6.45, 7) is 9.92. The van der Waals surface area contributed by atoms with Crippen LogP contribution in [0.3, 0.4) is 0 Å². The summed E-state index contributed by atoms with van der Waals surface area (Å²) in [5.41, 5.74) is 1.96. The van der Waals surface area contributed by atoms with Crippen molar-refractivity contribution < 1.29 is 18.0 Å². The van der Waals surface area contributed by atoms with E-state index in [1.54, 1.807) is 37.3 Å². The molecule has 0 aliphatic heterocycles. The lowest BCUT2D eigenvalue weighted by molar-refractivity contribution is -0.139. The highest BCUT2D eigenvalue weighted by molar-refractivity contribution is 7.92. The third kappa shape index (κ3) is 8.90. The number of nitrogens with one attached hydrogen (secondary N) is 1. The van der Waals surface area contributed by atoms with Crippen molar-refractivity contribution in [1.82, 2.24) is 10.2 Å². The molecule has 204 valence electrons. The largest absolute Gasteiger partial charge is 0.354 e. The number of unbranched alkanes of at least 4 members (excludes halogenated alkanes) is 1. The molecule has 1 N–H and O–H groups in total. The first-order valence-electron chi connectivity index (χ1n) is 12.2. The summed E-state index contributed by atoms with van der Waals surface area (Å²) in [7, 11) is -3.80. The summed E-state index contributed by atoms with van der Waals surface area (Å²) in [6, 6.07) is 11.2. The number of amides is 2. The van der Waals surface area contributed by atoms with Gasteiger partial charge in [-0.15, -0.1) is 0 Å². The van der Waals surface area contributed by atoms with Gasteiger partial charge in [0.25, 0.3) is 0 Å². The maximum atomic E-state index is 13.6. The van der Waals surface area contributed by atoms with Crippen molar-refractivity contribution in [3.05, 3.63) is 63.6 Å². The Morgan fingerprint density at radius 1 is 1.03 bits per heavy atom. The van der Waals surface area contributed by atoms with Gasteiger partial charge >= 0.3 is 0 Å². The Morgan fingerprint density at radius 3 is 2.16 bits per heavy atom. The molecule has 10 heteroatoms. The smallest absolute Gasteiger partial charge is 0.244 e. The molecule has 0 saturated heterocycles. The Kier molecular flexibility index (Phi) is 10.9. The molecule has 0 aromatic heterocycles. The normalized spacial score (nSPS) is 12.6. The molecule has 2 rings (SSSR count). The first-order chi connectivity index (χ1) is 17.1. The molecular weight excluding hydrogens is 533 g/mol. The van der Waals surface area contributed by atoms with Crippen LogP contribution in [0.2, 0.25) is 10.0 Å². The fraction of sp³-hybridized carbons (Fsp3) is 0.481. The number of benzene rings is 2. The summed E-state index contributed by atoms with van der Waals surface area (Å²) in [6.07, 6.45) is 2.78. The van der Waals surface area contributed by atoms with Crippen molar-refractivity contribution in [2.24, 2.45) is 0 Å². The number of hydrogen-bond donors (Lipinski definition) is 1. The topological polar surface area (TPSA) is 86.8 Å². The average Bonchev–Trinajstić information content (AvgIpc) is 2.81. The zero-order valence-electron chi connectivity index (χ0n) is 22.3. The molecule has 0 heterocycles. The minimum absolute atomic E-state index is 0.0542. The van der Waals surface area contributed by atoms with Crippen molar-refractivity contribution in [3.63, 3.8) is 0 Å². The van der Waals surface area contributed by atoms with E-state index in [9.17, 15) is 18.0 Å². The van der Waals surface area contributed by atoms with Crippen molar-refractivity contribution >= 4 is 50.7 Å². The lowest BCUT2D eigenvalue weighted by Gasteiger charge is -2.31. The van der Waals surface area contributed by atoms with E-state index in [1.165, 1.54) is 4.90 Å². The molecule has 2 amide bonds. The van der Waals surface area contributed by atoms with E-state index in [0.717, 1.165) is 29.0 Å². The molecular formula is C27H37Cl2N3O4S. The lowest BCUT2D eigenvalue weighted by Crippen LogP contribution is -2.51. The predicted molar refractivity (Wildman–Crippen MR) is 152 cm³/mol. The van der Waals surface area contributed by atoms with Gasteiger partial charge in [-0.1, -0.05) is 75.5 Å². The highest BCUT2D eigenvalue weighted by atomic mass is 35.5. The molecule has 2 aromatic carbocycles. The molecule has 0 fully saturated rings. The number of hydrogen-bond acceptors (Lipinski definition) is 4. The summed E-state index contributed by atoms with van der Waals surface area (Å²) in [5, 5.41) is 3.54. The van der Waals surface area contributed by atoms with E-state index in [0.29, 0.717) is 27.8 Å². The molecule has 0 aliphatic rings. The molecule has 0 bridgehead atoms. The number of halogens is 2. The lowest BCUT2D eigenvalue weighted by atomic mass is 9.87. The number of carbonyl (C=O) groups is 2. The summed E-state index contributed by atoms with van der Waals surface area (Å²) in [4.78, 5) is 27.9. The number of sulfonamides is 1. The maximum Gasteiger partial charge on any atom is 0.244 e. The molecule has 0 saturated carbocycles. The Labute approximate surface area is 231 Å². The van der Waals surface area contributed by atoms with Gasteiger partial charge < -0.3 is 10.2 Å². The minimum Gasteiger partial charge on any atom is -0.354 e. The fourth-order valence-electron chi connectivity index (χ4n) is 3.69. The zero-order valence-corrected chi connectivity index (χ0v) is 24.7. The van der Waals surface area contributed by atoms with Crippen LogP contribution in [0.15, 0.2) is 42.5 Å². The molecule has 0 spiro atoms. The van der Waals surface area contributed by atoms with E-state index in [-0.39, 0.29) is 17.9 Å². The highest BCUT2D eigenvalue weighted by Gasteiger charge is 2.30. The van der Waals surface area contributed by atoms with E-state index >= 15 is 0 Å². The Hall–Kier alpha value is -2.29. The maximum absolute atomic E-state index is 13.6. The van der Waals surface area contributed by atoms with Crippen LogP contribution in [0.5, 0.6) is 0 Å². The van der Waals surface area contributed by atoms with Gasteiger partial charge in [-0.2, -0.15) is 0 Å². The van der Waals surface area contributed by atoms with E-state index < -0.39 is 28.5 Å². The molecule has 1 atom stereocenters. The van der Waals surface area contributed by atoms with E-state index in [2.05, 4.69) is 26.1 Å². The number of carbonyl (C=O) groups excluding carboxylic acids is 2. The molecule has 1 unspecified atom stereocenters. The van der Waals surface area contributed by atoms with Crippen LogP contribution in [0, 0.1) is 0 Å². The Morgan fingerprint density at radius 2 is 1.65 bits per heavy atom. The van der Waals surface area contributed by atoms with Gasteiger partial charge in [0.05, 0.1) is 22.0 Å². The minimum atomic E-state index is -3.80. The van der Waals surface area contributed by atoms with Gasteiger partial charge in [-0.25, -0.2) is 8.42 Å². The van der Waals surface area contributed by atoms with Crippen LogP contribution in [0.1, 0.15) is 58.6 Å². The zero-order chi connectivity index (χ0) is 28.0. The van der Waals surface area contributed by atoms with Gasteiger partial charge in [0.2, 0.25) is 21.8 Å². The third-order valence-corrected chi connectivity index (χ3v) is 7.91. The summed E-state index contributed by atoms with van der Waals surface area (Å²) in [5.74, 6) is -0.836. The van der Waals surface area contributed by atoms with Crippen LogP contribution < -0.4 is 9.62 Å². The van der Waals surface area contributed by atoms with Crippen LogP contribution in [-0.2, 0) is 31.6 Å². The van der Waals surface area contributed by atoms with Crippen molar-refractivity contribution in [1.29, 1.82) is 0 Å². The predicted octanol–water partition coefficient (Wildman–Crippen LogP) is 5.39. The van der Waals surface area contributed by atoms with Crippen LogP contribution in [0.25, 0.3) is 0 Å². The molecule has 37 heavy (non-hydrogen) atoms. The number of rotatable bonds is 11. The van der Waals surface area contributed by atoms with E-state index in [4.69, 9.17) is 23.2 Å². The molecule has 0 radical (unpaired) electrons. The van der Waals surface area contributed by atoms with Crippen molar-refractivity contribution in [2.75, 3.05) is 23.7 Å². The van der Waals surface area contributed by atoms with Gasteiger partial charge in [-0.3, -0.25) is 13.9 Å². The molecule has 2 aromatic rings. The Balaban J connectivity index is 2.39. The van der Waals surface area contributed by atoms with Gasteiger partial charge in [0.15, 0.2) is 0 Å². The second kappa shape index (κ2) is 13.0. The van der Waals surface area contributed by atoms with Crippen LogP contribution in [0.4, 0.5) is 5.69 Å². The number of anilines is 1. The summed E-state index contributed by atoms with van der Waals surface area (Å²) >= 11 is 12.2. The highest BCUT2D eigenvalue weighted by Crippen LogP contribution is 2.27. The standard InChI is InChI=1S/C27H37Cl2N3O4S/c1-7-8-15-30-26(34)19(2)31(17-20-9-14-23(28)24(29)16-20)25(33)18-32(37(6,35)36)22-12-10-21(11-13-22)27(3,4)5/h9-14,16,19H,7-8,15,17-18H2,1-6H3,(H,30,34). The first-order valence-corrected chi connectivity index (χ1v) is 14.8. The Bertz CT molecular complexity index is 1200. The van der Waals surface area contributed by atoms with Crippen LogP contribution >= 0.6 is 23.2 Å². The van der Waals surface area contributed by atoms with Gasteiger partial charge in [0, 0.05) is 13.1 Å². The van der Waals surface area contributed by atoms with Crippen molar-refractivity contribution in [3.8, 4) is 0 Å². The SMILES string of the molecule is CCCCNC(=O)C(C)N(Cc1ccc(Cl)c(Cl)c1)C(=O)CN(c1ccc(C(C)(C)C)cc1)S(C)(=O)=O. The molecule has 0 aliphatic carbocycles. The fourth-order valence-corrected chi connectivity index (χ4v) is 4.87. The molecule has 7 nitrogen and oxygen atoms in total.